The monoisotopic (exact) mass is 344 g/mol. The Labute approximate surface area is 146 Å². The van der Waals surface area contributed by atoms with E-state index < -0.39 is 11.9 Å². The number of benzene rings is 1. The van der Waals surface area contributed by atoms with Crippen molar-refractivity contribution in [3.05, 3.63) is 46.6 Å². The van der Waals surface area contributed by atoms with Gasteiger partial charge in [-0.3, -0.25) is 0 Å². The molecule has 1 atom stereocenters. The van der Waals surface area contributed by atoms with Crippen molar-refractivity contribution in [2.45, 2.75) is 19.3 Å². The molecule has 1 aliphatic heterocycles. The smallest absolute Gasteiger partial charge is 0.338 e. The quantitative estimate of drug-likeness (QED) is 0.818. The summed E-state index contributed by atoms with van der Waals surface area (Å²) >= 11 is 0. The van der Waals surface area contributed by atoms with Crippen LogP contribution < -0.4 is 15.2 Å². The van der Waals surface area contributed by atoms with Crippen molar-refractivity contribution in [1.29, 1.82) is 5.26 Å². The van der Waals surface area contributed by atoms with Crippen molar-refractivity contribution in [2.24, 2.45) is 5.73 Å². The molecule has 7 heteroatoms. The number of esters is 1. The summed E-state index contributed by atoms with van der Waals surface area (Å²) in [5.41, 5.74) is 6.83. The molecule has 2 rings (SSSR count). The van der Waals surface area contributed by atoms with Crippen molar-refractivity contribution in [3.63, 3.8) is 0 Å². The maximum atomic E-state index is 12.4. The molecule has 132 valence electrons. The second-order valence-electron chi connectivity index (χ2n) is 5.21. The van der Waals surface area contributed by atoms with Crippen molar-refractivity contribution in [1.82, 2.24) is 0 Å². The minimum absolute atomic E-state index is 0.0399. The van der Waals surface area contributed by atoms with Crippen LogP contribution in [0.25, 0.3) is 0 Å². The van der Waals surface area contributed by atoms with E-state index in [0.29, 0.717) is 29.2 Å². The number of nitrogens with zero attached hydrogens (tertiary/aromatic N) is 1. The van der Waals surface area contributed by atoms with Crippen molar-refractivity contribution >= 4 is 5.97 Å². The molecule has 7 nitrogen and oxygen atoms in total. The highest BCUT2D eigenvalue weighted by molar-refractivity contribution is 5.92. The van der Waals surface area contributed by atoms with Crippen LogP contribution in [0.1, 0.15) is 24.8 Å². The van der Waals surface area contributed by atoms with E-state index in [1.807, 2.05) is 13.0 Å². The zero-order valence-corrected chi connectivity index (χ0v) is 14.6. The first-order chi connectivity index (χ1) is 12.0. The molecule has 0 aliphatic carbocycles. The Morgan fingerprint density at radius 1 is 1.32 bits per heavy atom. The fourth-order valence-electron chi connectivity index (χ4n) is 2.79. The number of hydrogen-bond donors (Lipinski definition) is 1. The fraction of sp³-hybridized carbons (Fsp3) is 0.333. The summed E-state index contributed by atoms with van der Waals surface area (Å²) in [4.78, 5) is 12.4. The van der Waals surface area contributed by atoms with Crippen LogP contribution >= 0.6 is 0 Å². The van der Waals surface area contributed by atoms with Gasteiger partial charge < -0.3 is 24.7 Å². The summed E-state index contributed by atoms with van der Waals surface area (Å²) in [6, 6.07) is 7.17. The molecule has 0 saturated heterocycles. The molecule has 1 aliphatic rings. The van der Waals surface area contributed by atoms with Crippen LogP contribution in [-0.2, 0) is 14.3 Å². The zero-order valence-electron chi connectivity index (χ0n) is 14.6. The van der Waals surface area contributed by atoms with E-state index in [9.17, 15) is 10.1 Å². The lowest BCUT2D eigenvalue weighted by atomic mass is 9.82. The third-order valence-electron chi connectivity index (χ3n) is 3.97. The number of rotatable bonds is 5. The highest BCUT2D eigenvalue weighted by atomic mass is 16.5. The van der Waals surface area contributed by atoms with E-state index >= 15 is 0 Å². The molecule has 0 radical (unpaired) electrons. The number of hydrogen-bond acceptors (Lipinski definition) is 7. The molecule has 0 aromatic heterocycles. The molecule has 2 N–H and O–H groups in total. The molecule has 25 heavy (non-hydrogen) atoms. The Kier molecular flexibility index (Phi) is 5.55. The largest absolute Gasteiger partial charge is 0.497 e. The molecule has 0 saturated carbocycles. The normalized spacial score (nSPS) is 16.8. The van der Waals surface area contributed by atoms with Gasteiger partial charge in [-0.1, -0.05) is 6.92 Å². The predicted octanol–water partition coefficient (Wildman–Crippen LogP) is 2.35. The van der Waals surface area contributed by atoms with Crippen LogP contribution in [-0.4, -0.2) is 27.3 Å². The third kappa shape index (κ3) is 3.24. The minimum atomic E-state index is -0.772. The Morgan fingerprint density at radius 2 is 2.04 bits per heavy atom. The predicted molar refractivity (Wildman–Crippen MR) is 89.5 cm³/mol. The van der Waals surface area contributed by atoms with Gasteiger partial charge in [-0.15, -0.1) is 0 Å². The third-order valence-corrected chi connectivity index (χ3v) is 3.97. The second kappa shape index (κ2) is 7.62. The topological polar surface area (TPSA) is 104 Å². The number of methoxy groups -OCH3 is 3. The molecule has 0 amide bonds. The minimum Gasteiger partial charge on any atom is -0.497 e. The number of carbonyl (C=O) groups excluding carboxylic acids is 1. The average molecular weight is 344 g/mol. The first-order valence-corrected chi connectivity index (χ1v) is 7.63. The summed E-state index contributed by atoms with van der Waals surface area (Å²) in [7, 11) is 4.31. The lowest BCUT2D eigenvalue weighted by molar-refractivity contribution is -0.136. The fourth-order valence-corrected chi connectivity index (χ4v) is 2.79. The first-order valence-electron chi connectivity index (χ1n) is 7.63. The average Bonchev–Trinajstić information content (AvgIpc) is 2.65. The Bertz CT molecular complexity index is 789. The van der Waals surface area contributed by atoms with Crippen molar-refractivity contribution in [2.75, 3.05) is 21.3 Å². The van der Waals surface area contributed by atoms with Gasteiger partial charge in [0.25, 0.3) is 0 Å². The summed E-state index contributed by atoms with van der Waals surface area (Å²) in [6.45, 7) is 1.82. The van der Waals surface area contributed by atoms with Gasteiger partial charge in [0.15, 0.2) is 0 Å². The molecule has 0 unspecified atom stereocenters. The first kappa shape index (κ1) is 18.2. The van der Waals surface area contributed by atoms with Crippen LogP contribution in [0.2, 0.25) is 0 Å². The molecule has 0 fully saturated rings. The van der Waals surface area contributed by atoms with Crippen LogP contribution in [0.5, 0.6) is 11.5 Å². The molecule has 0 spiro atoms. The van der Waals surface area contributed by atoms with Gasteiger partial charge in [0.05, 0.1) is 32.8 Å². The molecule has 1 heterocycles. The summed E-state index contributed by atoms with van der Waals surface area (Å²) < 4.78 is 21.1. The van der Waals surface area contributed by atoms with Gasteiger partial charge in [-0.2, -0.15) is 5.26 Å². The van der Waals surface area contributed by atoms with Gasteiger partial charge in [0, 0.05) is 12.0 Å². The van der Waals surface area contributed by atoms with Gasteiger partial charge >= 0.3 is 5.97 Å². The van der Waals surface area contributed by atoms with Gasteiger partial charge in [-0.05, 0) is 18.2 Å². The second-order valence-corrected chi connectivity index (χ2v) is 5.21. The Hall–Kier alpha value is -3.14. The van der Waals surface area contributed by atoms with E-state index in [1.54, 1.807) is 18.2 Å². The van der Waals surface area contributed by atoms with Crippen molar-refractivity contribution in [3.8, 4) is 17.6 Å². The maximum absolute atomic E-state index is 12.4. The molecule has 1 aromatic rings. The maximum Gasteiger partial charge on any atom is 0.338 e. The van der Waals surface area contributed by atoms with Gasteiger partial charge in [0.1, 0.15) is 28.9 Å². The van der Waals surface area contributed by atoms with E-state index in [4.69, 9.17) is 24.7 Å². The lowest BCUT2D eigenvalue weighted by Gasteiger charge is -2.28. The Balaban J connectivity index is 2.79. The van der Waals surface area contributed by atoms with Crippen LogP contribution in [0, 0.1) is 11.3 Å². The number of nitriles is 1. The molecule has 0 bridgehead atoms. The highest BCUT2D eigenvalue weighted by Gasteiger charge is 2.38. The highest BCUT2D eigenvalue weighted by Crippen LogP contribution is 2.44. The van der Waals surface area contributed by atoms with E-state index in [-0.39, 0.29) is 17.0 Å². The standard InChI is InChI=1S/C18H20N2O5/c1-5-13-16(18(21)24-4)15(12(9-19)17(20)25-13)11-8-10(22-2)6-7-14(11)23-3/h6-8,15H,5,20H2,1-4H3/t15-/m1/s1. The summed E-state index contributed by atoms with van der Waals surface area (Å²) in [5.74, 6) is 0.00351. The van der Waals surface area contributed by atoms with E-state index in [1.165, 1.54) is 21.3 Å². The number of ether oxygens (including phenoxy) is 4. The summed E-state index contributed by atoms with van der Waals surface area (Å²) in [6.07, 6.45) is 0.409. The number of carbonyl (C=O) groups is 1. The zero-order chi connectivity index (χ0) is 18.6. The Morgan fingerprint density at radius 3 is 2.56 bits per heavy atom. The van der Waals surface area contributed by atoms with E-state index in [0.717, 1.165) is 0 Å². The molecule has 1 aromatic carbocycles. The number of allylic oxidation sites excluding steroid dienone is 2. The number of nitrogens with two attached hydrogens (primary N) is 1. The van der Waals surface area contributed by atoms with Crippen molar-refractivity contribution < 1.29 is 23.7 Å². The molecular weight excluding hydrogens is 324 g/mol. The SMILES string of the molecule is CCC1=C(C(=O)OC)[C@H](c2cc(OC)ccc2OC)C(C#N)=C(N)O1. The van der Waals surface area contributed by atoms with Crippen LogP contribution in [0.4, 0.5) is 0 Å². The van der Waals surface area contributed by atoms with Crippen LogP contribution in [0.3, 0.4) is 0 Å². The van der Waals surface area contributed by atoms with Gasteiger partial charge in [-0.25, -0.2) is 4.79 Å². The van der Waals surface area contributed by atoms with Crippen LogP contribution in [0.15, 0.2) is 41.0 Å². The van der Waals surface area contributed by atoms with Gasteiger partial charge in [0.2, 0.25) is 5.88 Å². The molecular formula is C18H20N2O5. The summed E-state index contributed by atoms with van der Waals surface area (Å²) in [5, 5.41) is 9.60. The lowest BCUT2D eigenvalue weighted by Crippen LogP contribution is -2.26. The van der Waals surface area contributed by atoms with E-state index in [2.05, 4.69) is 0 Å².